The Hall–Kier alpha value is -2.44. The summed E-state index contributed by atoms with van der Waals surface area (Å²) >= 11 is 0. The standard InChI is InChI=1S/C9H6O7/c1-4(8(12)13)2-6(10)15-5-3-7(11)16-9(5)14/h3H,1-2H2,(H,12,13). The van der Waals surface area contributed by atoms with Gasteiger partial charge in [0.25, 0.3) is 0 Å². The second-order valence-corrected chi connectivity index (χ2v) is 2.78. The number of aliphatic carboxylic acids is 1. The largest absolute Gasteiger partial charge is 0.478 e. The van der Waals surface area contributed by atoms with Crippen LogP contribution >= 0.6 is 0 Å². The van der Waals surface area contributed by atoms with E-state index >= 15 is 0 Å². The highest BCUT2D eigenvalue weighted by Gasteiger charge is 2.28. The van der Waals surface area contributed by atoms with Crippen molar-refractivity contribution in [2.75, 3.05) is 0 Å². The van der Waals surface area contributed by atoms with E-state index in [4.69, 9.17) is 5.11 Å². The van der Waals surface area contributed by atoms with Crippen LogP contribution in [0.4, 0.5) is 0 Å². The fraction of sp³-hybridized carbons (Fsp3) is 0.111. The molecule has 84 valence electrons. The molecule has 0 aliphatic carbocycles. The summed E-state index contributed by atoms with van der Waals surface area (Å²) in [4.78, 5) is 42.7. The van der Waals surface area contributed by atoms with E-state index in [-0.39, 0.29) is 5.57 Å². The molecule has 1 aliphatic heterocycles. The molecule has 1 rings (SSSR count). The van der Waals surface area contributed by atoms with Gasteiger partial charge in [0.15, 0.2) is 0 Å². The van der Waals surface area contributed by atoms with Gasteiger partial charge in [-0.2, -0.15) is 0 Å². The smallest absolute Gasteiger partial charge is 0.382 e. The zero-order chi connectivity index (χ0) is 12.3. The van der Waals surface area contributed by atoms with Crippen LogP contribution < -0.4 is 0 Å². The summed E-state index contributed by atoms with van der Waals surface area (Å²) in [5.41, 5.74) is -0.386. The van der Waals surface area contributed by atoms with E-state index < -0.39 is 36.1 Å². The summed E-state index contributed by atoms with van der Waals surface area (Å²) in [5, 5.41) is 8.42. The molecule has 1 aliphatic rings. The molecule has 0 unspecified atom stereocenters. The van der Waals surface area contributed by atoms with E-state index in [1.165, 1.54) is 0 Å². The fourth-order valence-electron chi connectivity index (χ4n) is 0.817. The van der Waals surface area contributed by atoms with Gasteiger partial charge in [0.05, 0.1) is 12.5 Å². The number of cyclic esters (lactones) is 2. The number of hydrogen-bond acceptors (Lipinski definition) is 6. The van der Waals surface area contributed by atoms with Crippen molar-refractivity contribution in [1.82, 2.24) is 0 Å². The SMILES string of the molecule is C=C(CC(=O)OC1=CC(=O)OC1=O)C(=O)O. The van der Waals surface area contributed by atoms with Gasteiger partial charge in [-0.3, -0.25) is 4.79 Å². The van der Waals surface area contributed by atoms with E-state index in [2.05, 4.69) is 16.1 Å². The third-order valence-electron chi connectivity index (χ3n) is 1.53. The molecule has 1 N–H and O–H groups in total. The molecule has 0 saturated carbocycles. The summed E-state index contributed by atoms with van der Waals surface area (Å²) in [6.45, 7) is 3.10. The number of hydrogen-bond donors (Lipinski definition) is 1. The van der Waals surface area contributed by atoms with Crippen molar-refractivity contribution >= 4 is 23.9 Å². The van der Waals surface area contributed by atoms with Gasteiger partial charge < -0.3 is 14.6 Å². The molecule has 0 saturated heterocycles. The highest BCUT2D eigenvalue weighted by molar-refractivity contribution is 6.08. The van der Waals surface area contributed by atoms with Gasteiger partial charge in [-0.25, -0.2) is 14.4 Å². The zero-order valence-electron chi connectivity index (χ0n) is 7.89. The molecule has 7 heteroatoms. The Balaban J connectivity index is 2.56. The quantitative estimate of drug-likeness (QED) is 0.392. The summed E-state index contributed by atoms with van der Waals surface area (Å²) in [6.07, 6.45) is 0.109. The van der Waals surface area contributed by atoms with E-state index in [1.54, 1.807) is 0 Å². The van der Waals surface area contributed by atoms with E-state index in [0.29, 0.717) is 6.08 Å². The monoisotopic (exact) mass is 226 g/mol. The van der Waals surface area contributed by atoms with Crippen molar-refractivity contribution in [3.8, 4) is 0 Å². The number of ether oxygens (including phenoxy) is 2. The lowest BCUT2D eigenvalue weighted by Crippen LogP contribution is -2.12. The van der Waals surface area contributed by atoms with Crippen molar-refractivity contribution in [3.05, 3.63) is 24.0 Å². The molecular formula is C9H6O7. The van der Waals surface area contributed by atoms with Gasteiger partial charge >= 0.3 is 23.9 Å². The Morgan fingerprint density at radius 2 is 2.06 bits per heavy atom. The Kier molecular flexibility index (Phi) is 3.19. The van der Waals surface area contributed by atoms with E-state index in [0.717, 1.165) is 0 Å². The topological polar surface area (TPSA) is 107 Å². The van der Waals surface area contributed by atoms with Crippen LogP contribution in [0, 0.1) is 0 Å². The molecule has 0 atom stereocenters. The highest BCUT2D eigenvalue weighted by atomic mass is 16.6. The maximum atomic E-state index is 11.1. The van der Waals surface area contributed by atoms with Gasteiger partial charge in [0.1, 0.15) is 0 Å². The van der Waals surface area contributed by atoms with Crippen LogP contribution in [-0.2, 0) is 28.7 Å². The van der Waals surface area contributed by atoms with Crippen LogP contribution in [0.25, 0.3) is 0 Å². The second kappa shape index (κ2) is 4.39. The van der Waals surface area contributed by atoms with Crippen molar-refractivity contribution in [3.63, 3.8) is 0 Å². The molecule has 0 bridgehead atoms. The van der Waals surface area contributed by atoms with E-state index in [9.17, 15) is 19.2 Å². The van der Waals surface area contributed by atoms with Gasteiger partial charge in [-0.1, -0.05) is 6.58 Å². The maximum Gasteiger partial charge on any atom is 0.382 e. The molecule has 0 aromatic carbocycles. The van der Waals surface area contributed by atoms with Crippen molar-refractivity contribution in [2.45, 2.75) is 6.42 Å². The summed E-state index contributed by atoms with van der Waals surface area (Å²) in [7, 11) is 0. The van der Waals surface area contributed by atoms with Gasteiger partial charge in [0.2, 0.25) is 5.76 Å². The number of rotatable bonds is 4. The van der Waals surface area contributed by atoms with Crippen LogP contribution in [0.15, 0.2) is 24.0 Å². The van der Waals surface area contributed by atoms with Crippen LogP contribution in [0.5, 0.6) is 0 Å². The second-order valence-electron chi connectivity index (χ2n) is 2.78. The minimum absolute atomic E-state index is 0.386. The molecule has 7 nitrogen and oxygen atoms in total. The molecule has 0 aromatic heterocycles. The molecule has 0 spiro atoms. The molecule has 0 radical (unpaired) electrons. The summed E-state index contributed by atoms with van der Waals surface area (Å²) in [5.74, 6) is -4.95. The average molecular weight is 226 g/mol. The zero-order valence-corrected chi connectivity index (χ0v) is 7.89. The first-order chi connectivity index (χ1) is 7.40. The number of esters is 3. The Morgan fingerprint density at radius 3 is 2.50 bits per heavy atom. The summed E-state index contributed by atoms with van der Waals surface area (Å²) < 4.78 is 8.46. The Morgan fingerprint density at radius 1 is 1.44 bits per heavy atom. The fourth-order valence-corrected chi connectivity index (χ4v) is 0.817. The van der Waals surface area contributed by atoms with Gasteiger partial charge in [-0.15, -0.1) is 0 Å². The lowest BCUT2D eigenvalue weighted by atomic mass is 10.2. The third-order valence-corrected chi connectivity index (χ3v) is 1.53. The molecule has 0 fully saturated rings. The average Bonchev–Trinajstić information content (AvgIpc) is 2.44. The minimum atomic E-state index is -1.35. The van der Waals surface area contributed by atoms with Crippen molar-refractivity contribution < 1.29 is 33.8 Å². The number of carboxylic acids is 1. The van der Waals surface area contributed by atoms with Crippen LogP contribution in [-0.4, -0.2) is 29.0 Å². The lowest BCUT2D eigenvalue weighted by molar-refractivity contribution is -0.155. The van der Waals surface area contributed by atoms with Crippen LogP contribution in [0.2, 0.25) is 0 Å². The number of carbonyl (C=O) groups excluding carboxylic acids is 3. The van der Waals surface area contributed by atoms with Crippen molar-refractivity contribution in [2.24, 2.45) is 0 Å². The first kappa shape index (κ1) is 11.6. The number of carbonyl (C=O) groups is 4. The van der Waals surface area contributed by atoms with Crippen molar-refractivity contribution in [1.29, 1.82) is 0 Å². The molecule has 0 amide bonds. The predicted molar refractivity (Wildman–Crippen MR) is 46.7 cm³/mol. The summed E-state index contributed by atoms with van der Waals surface area (Å²) in [6, 6.07) is 0. The number of carboxylic acid groups (broad SMARTS) is 1. The minimum Gasteiger partial charge on any atom is -0.478 e. The van der Waals surface area contributed by atoms with Gasteiger partial charge in [-0.05, 0) is 0 Å². The normalized spacial score (nSPS) is 14.1. The molecule has 1 heterocycles. The molecule has 16 heavy (non-hydrogen) atoms. The highest BCUT2D eigenvalue weighted by Crippen LogP contribution is 2.12. The Labute approximate surface area is 88.9 Å². The van der Waals surface area contributed by atoms with Crippen LogP contribution in [0.1, 0.15) is 6.42 Å². The van der Waals surface area contributed by atoms with Crippen LogP contribution in [0.3, 0.4) is 0 Å². The first-order valence-electron chi connectivity index (χ1n) is 3.99. The van der Waals surface area contributed by atoms with E-state index in [1.807, 2.05) is 0 Å². The Bertz CT molecular complexity index is 429. The first-order valence-corrected chi connectivity index (χ1v) is 3.99. The van der Waals surface area contributed by atoms with Gasteiger partial charge in [0, 0.05) is 5.57 Å². The maximum absolute atomic E-state index is 11.1. The predicted octanol–water partition coefficient (Wildman–Crippen LogP) is -0.472. The lowest BCUT2D eigenvalue weighted by Gasteiger charge is -2.01. The molecular weight excluding hydrogens is 220 g/mol. The molecule has 0 aromatic rings. The third kappa shape index (κ3) is 2.77.